The van der Waals surface area contributed by atoms with Crippen LogP contribution < -0.4 is 0 Å². The number of benzene rings is 1. The molecule has 0 amide bonds. The Morgan fingerprint density at radius 1 is 1.00 bits per heavy atom. The first-order valence-corrected chi connectivity index (χ1v) is 7.15. The molecule has 0 fully saturated rings. The molecule has 0 aliphatic rings. The first kappa shape index (κ1) is 18.4. The molecule has 0 bridgehead atoms. The third-order valence-corrected chi connectivity index (χ3v) is 3.36. The van der Waals surface area contributed by atoms with E-state index in [1.54, 1.807) is 30.3 Å². The fourth-order valence-electron chi connectivity index (χ4n) is 1.85. The molecule has 0 aliphatic heterocycles. The van der Waals surface area contributed by atoms with Gasteiger partial charge in [0.25, 0.3) is 0 Å². The van der Waals surface area contributed by atoms with Crippen LogP contribution in [0.3, 0.4) is 0 Å². The maximum Gasteiger partial charge on any atom is 0.435 e. The van der Waals surface area contributed by atoms with Gasteiger partial charge in [0.2, 0.25) is 0 Å². The monoisotopic (exact) mass is 348 g/mol. The molecule has 0 unspecified atom stereocenters. The van der Waals surface area contributed by atoms with Crippen molar-refractivity contribution < 1.29 is 26.7 Å². The van der Waals surface area contributed by atoms with Crippen molar-refractivity contribution in [3.8, 4) is 5.69 Å². The summed E-state index contributed by atoms with van der Waals surface area (Å²) in [4.78, 5) is 0. The highest BCUT2D eigenvalue weighted by Crippen LogP contribution is 2.38. The van der Waals surface area contributed by atoms with E-state index in [4.69, 9.17) is 0 Å². The molecule has 1 heterocycles. The SMILES string of the molecule is CC(C)(C)C(F)(F)OCc1cn(-c2ccccc2)nc1C(F)(F)F. The predicted molar refractivity (Wildman–Crippen MR) is 77.8 cm³/mol. The van der Waals surface area contributed by atoms with E-state index >= 15 is 0 Å². The molecule has 0 radical (unpaired) electrons. The van der Waals surface area contributed by atoms with E-state index in [0.717, 1.165) is 10.9 Å². The first-order chi connectivity index (χ1) is 10.9. The van der Waals surface area contributed by atoms with Gasteiger partial charge in [-0.1, -0.05) is 39.0 Å². The van der Waals surface area contributed by atoms with Crippen LogP contribution >= 0.6 is 0 Å². The van der Waals surface area contributed by atoms with Crippen molar-refractivity contribution in [1.29, 1.82) is 0 Å². The summed E-state index contributed by atoms with van der Waals surface area (Å²) in [5, 5.41) is 3.48. The molecule has 2 aromatic rings. The minimum absolute atomic E-state index is 0.386. The zero-order chi connectivity index (χ0) is 18.2. The van der Waals surface area contributed by atoms with Crippen molar-refractivity contribution in [2.24, 2.45) is 5.41 Å². The molecule has 1 aromatic heterocycles. The summed E-state index contributed by atoms with van der Waals surface area (Å²) in [6, 6.07) is 8.08. The Bertz CT molecular complexity index is 687. The van der Waals surface area contributed by atoms with E-state index < -0.39 is 35.6 Å². The average Bonchev–Trinajstić information content (AvgIpc) is 2.89. The quantitative estimate of drug-likeness (QED) is 0.723. The first-order valence-electron chi connectivity index (χ1n) is 7.15. The number of para-hydroxylation sites is 1. The van der Waals surface area contributed by atoms with E-state index in [1.165, 1.54) is 20.8 Å². The number of rotatable bonds is 4. The molecule has 132 valence electrons. The summed E-state index contributed by atoms with van der Waals surface area (Å²) >= 11 is 0. The number of nitrogens with zero attached hydrogens (tertiary/aromatic N) is 2. The van der Waals surface area contributed by atoms with Crippen LogP contribution in [0.1, 0.15) is 32.0 Å². The van der Waals surface area contributed by atoms with Gasteiger partial charge in [0, 0.05) is 11.8 Å². The highest BCUT2D eigenvalue weighted by Gasteiger charge is 2.45. The van der Waals surface area contributed by atoms with E-state index in [9.17, 15) is 22.0 Å². The third kappa shape index (κ3) is 3.92. The van der Waals surface area contributed by atoms with Gasteiger partial charge in [-0.2, -0.15) is 27.1 Å². The van der Waals surface area contributed by atoms with Crippen LogP contribution in [-0.2, 0) is 17.5 Å². The van der Waals surface area contributed by atoms with Gasteiger partial charge in [-0.05, 0) is 12.1 Å². The van der Waals surface area contributed by atoms with Crippen molar-refractivity contribution in [2.45, 2.75) is 39.7 Å². The summed E-state index contributed by atoms with van der Waals surface area (Å²) in [5.74, 6) is 0. The molecule has 0 aliphatic carbocycles. The maximum absolute atomic E-state index is 13.8. The Kier molecular flexibility index (Phi) is 4.72. The predicted octanol–water partition coefficient (Wildman–Crippen LogP) is 5.05. The Labute approximate surface area is 136 Å². The average molecular weight is 348 g/mol. The highest BCUT2D eigenvalue weighted by molar-refractivity contribution is 5.33. The summed E-state index contributed by atoms with van der Waals surface area (Å²) in [6.07, 6.45) is -7.29. The standard InChI is InChI=1S/C16H17F5N2O/c1-14(2,3)16(20,21)24-10-11-9-23(12-7-5-4-6-8-12)22-13(11)15(17,18)19/h4-9H,10H2,1-3H3. The Morgan fingerprint density at radius 2 is 1.58 bits per heavy atom. The van der Waals surface area contributed by atoms with Crippen LogP contribution in [0.25, 0.3) is 5.69 Å². The van der Waals surface area contributed by atoms with Crippen molar-refractivity contribution in [3.63, 3.8) is 0 Å². The lowest BCUT2D eigenvalue weighted by atomic mass is 9.95. The topological polar surface area (TPSA) is 27.1 Å². The van der Waals surface area contributed by atoms with Gasteiger partial charge in [-0.15, -0.1) is 0 Å². The molecular formula is C16H17F5N2O. The number of halogens is 5. The van der Waals surface area contributed by atoms with Gasteiger partial charge in [-0.3, -0.25) is 0 Å². The van der Waals surface area contributed by atoms with Crippen LogP contribution in [0.4, 0.5) is 22.0 Å². The highest BCUT2D eigenvalue weighted by atomic mass is 19.4. The molecule has 8 heteroatoms. The van der Waals surface area contributed by atoms with Crippen LogP contribution in [-0.4, -0.2) is 15.9 Å². The Morgan fingerprint density at radius 3 is 2.08 bits per heavy atom. The number of aromatic nitrogens is 2. The van der Waals surface area contributed by atoms with Crippen molar-refractivity contribution >= 4 is 0 Å². The van der Waals surface area contributed by atoms with Crippen molar-refractivity contribution in [3.05, 3.63) is 47.8 Å². The second-order valence-corrected chi connectivity index (χ2v) is 6.34. The van der Waals surface area contributed by atoms with E-state index in [1.807, 2.05) is 0 Å². The van der Waals surface area contributed by atoms with Gasteiger partial charge in [0.15, 0.2) is 5.69 Å². The lowest BCUT2D eigenvalue weighted by Crippen LogP contribution is -2.36. The largest absolute Gasteiger partial charge is 0.435 e. The summed E-state index contributed by atoms with van der Waals surface area (Å²) in [7, 11) is 0. The van der Waals surface area contributed by atoms with Crippen LogP contribution in [0, 0.1) is 5.41 Å². The summed E-state index contributed by atoms with van der Waals surface area (Å²) in [5.41, 5.74) is -2.84. The van der Waals surface area contributed by atoms with Crippen LogP contribution in [0.15, 0.2) is 36.5 Å². The number of hydrogen-bond acceptors (Lipinski definition) is 2. The number of alkyl halides is 5. The molecule has 0 atom stereocenters. The van der Waals surface area contributed by atoms with Gasteiger partial charge >= 0.3 is 12.3 Å². The van der Waals surface area contributed by atoms with Gasteiger partial charge in [-0.25, -0.2) is 4.68 Å². The van der Waals surface area contributed by atoms with Crippen molar-refractivity contribution in [1.82, 2.24) is 9.78 Å². The van der Waals surface area contributed by atoms with Crippen LogP contribution in [0.2, 0.25) is 0 Å². The number of ether oxygens (including phenoxy) is 1. The molecule has 0 spiro atoms. The Balaban J connectivity index is 2.34. The Hall–Kier alpha value is -1.96. The fourth-order valence-corrected chi connectivity index (χ4v) is 1.85. The van der Waals surface area contributed by atoms with Gasteiger partial charge in [0.05, 0.1) is 17.7 Å². The molecule has 2 rings (SSSR count). The van der Waals surface area contributed by atoms with Gasteiger partial charge < -0.3 is 4.74 Å². The third-order valence-electron chi connectivity index (χ3n) is 3.36. The number of hydrogen-bond donors (Lipinski definition) is 0. The zero-order valence-electron chi connectivity index (χ0n) is 13.4. The van der Waals surface area contributed by atoms with E-state index in [2.05, 4.69) is 9.84 Å². The van der Waals surface area contributed by atoms with E-state index in [-0.39, 0.29) is 0 Å². The van der Waals surface area contributed by atoms with Crippen LogP contribution in [0.5, 0.6) is 0 Å². The minimum atomic E-state index is -4.77. The summed E-state index contributed by atoms with van der Waals surface area (Å²) < 4.78 is 72.5. The minimum Gasteiger partial charge on any atom is -0.315 e. The van der Waals surface area contributed by atoms with Gasteiger partial charge in [0.1, 0.15) is 0 Å². The van der Waals surface area contributed by atoms with Crippen molar-refractivity contribution in [2.75, 3.05) is 0 Å². The van der Waals surface area contributed by atoms with E-state index in [0.29, 0.717) is 5.69 Å². The lowest BCUT2D eigenvalue weighted by molar-refractivity contribution is -0.301. The maximum atomic E-state index is 13.8. The smallest absolute Gasteiger partial charge is 0.315 e. The molecule has 0 saturated heterocycles. The second kappa shape index (κ2) is 6.16. The lowest BCUT2D eigenvalue weighted by Gasteiger charge is -2.29. The molecule has 3 nitrogen and oxygen atoms in total. The molecular weight excluding hydrogens is 331 g/mol. The summed E-state index contributed by atoms with van der Waals surface area (Å²) in [6.45, 7) is 2.83. The molecule has 0 saturated carbocycles. The fraction of sp³-hybridized carbons (Fsp3) is 0.438. The second-order valence-electron chi connectivity index (χ2n) is 6.34. The molecule has 1 aromatic carbocycles. The normalized spacial score (nSPS) is 13.3. The molecule has 24 heavy (non-hydrogen) atoms. The molecule has 0 N–H and O–H groups in total. The zero-order valence-corrected chi connectivity index (χ0v) is 13.4.